The van der Waals surface area contributed by atoms with E-state index in [0.717, 1.165) is 42.3 Å². The van der Waals surface area contributed by atoms with Crippen LogP contribution >= 0.6 is 24.0 Å². The second-order valence-electron chi connectivity index (χ2n) is 8.32. The van der Waals surface area contributed by atoms with Crippen molar-refractivity contribution in [1.29, 1.82) is 0 Å². The highest BCUT2D eigenvalue weighted by atomic mass is 127. The summed E-state index contributed by atoms with van der Waals surface area (Å²) in [5, 5.41) is 6.83. The highest BCUT2D eigenvalue weighted by Crippen LogP contribution is 2.32. The van der Waals surface area contributed by atoms with Crippen LogP contribution in [0.1, 0.15) is 23.3 Å². The zero-order valence-electron chi connectivity index (χ0n) is 19.8. The number of nitrogens with zero attached hydrogens (tertiary/aromatic N) is 2. The molecule has 0 spiro atoms. The molecule has 1 aliphatic heterocycles. The summed E-state index contributed by atoms with van der Waals surface area (Å²) in [6, 6.07) is 18.3. The van der Waals surface area contributed by atoms with E-state index in [2.05, 4.69) is 53.9 Å². The van der Waals surface area contributed by atoms with Gasteiger partial charge in [-0.15, -0.1) is 24.0 Å². The first-order chi connectivity index (χ1) is 16.2. The van der Waals surface area contributed by atoms with Crippen molar-refractivity contribution in [3.05, 3.63) is 77.7 Å². The molecule has 2 heterocycles. The molecule has 0 aliphatic carbocycles. The number of rotatable bonds is 8. The van der Waals surface area contributed by atoms with Gasteiger partial charge < -0.3 is 29.4 Å². The Morgan fingerprint density at radius 1 is 0.971 bits per heavy atom. The Bertz CT molecular complexity index is 1050. The van der Waals surface area contributed by atoms with Crippen LogP contribution in [-0.4, -0.2) is 44.7 Å². The normalized spacial score (nSPS) is 13.2. The van der Waals surface area contributed by atoms with Gasteiger partial charge in [0.2, 0.25) is 0 Å². The summed E-state index contributed by atoms with van der Waals surface area (Å²) in [6.45, 7) is 3.50. The average molecular weight is 576 g/mol. The van der Waals surface area contributed by atoms with E-state index < -0.39 is 0 Å². The minimum atomic E-state index is 0. The molecule has 8 heteroatoms. The van der Waals surface area contributed by atoms with Gasteiger partial charge in [0.25, 0.3) is 0 Å². The predicted molar refractivity (Wildman–Crippen MR) is 146 cm³/mol. The lowest BCUT2D eigenvalue weighted by atomic mass is 10.1. The van der Waals surface area contributed by atoms with Gasteiger partial charge in [0.1, 0.15) is 5.76 Å². The Balaban J connectivity index is 0.00000324. The quantitative estimate of drug-likeness (QED) is 0.226. The van der Waals surface area contributed by atoms with Crippen molar-refractivity contribution in [2.45, 2.75) is 25.9 Å². The molecule has 0 bridgehead atoms. The molecule has 0 saturated carbocycles. The van der Waals surface area contributed by atoms with Crippen LogP contribution < -0.4 is 20.1 Å². The largest absolute Gasteiger partial charge is 0.490 e. The number of hydrogen-bond donors (Lipinski definition) is 2. The number of benzene rings is 2. The van der Waals surface area contributed by atoms with Gasteiger partial charge in [-0.2, -0.15) is 0 Å². The monoisotopic (exact) mass is 576 g/mol. The highest BCUT2D eigenvalue weighted by Gasteiger charge is 2.11. The van der Waals surface area contributed by atoms with Gasteiger partial charge in [-0.3, -0.25) is 0 Å². The molecule has 7 nitrogen and oxygen atoms in total. The van der Waals surface area contributed by atoms with E-state index in [1.807, 2.05) is 30.3 Å². The van der Waals surface area contributed by atoms with Gasteiger partial charge in [0.05, 0.1) is 26.0 Å². The summed E-state index contributed by atoms with van der Waals surface area (Å²) in [4.78, 5) is 7.00. The minimum Gasteiger partial charge on any atom is -0.490 e. The second-order valence-corrected chi connectivity index (χ2v) is 8.32. The van der Waals surface area contributed by atoms with Gasteiger partial charge >= 0.3 is 0 Å². The summed E-state index contributed by atoms with van der Waals surface area (Å²) in [5.41, 5.74) is 3.33. The molecule has 0 fully saturated rings. The van der Waals surface area contributed by atoms with Crippen molar-refractivity contribution >= 4 is 35.6 Å². The maximum absolute atomic E-state index is 5.83. The van der Waals surface area contributed by atoms with Crippen LogP contribution in [0.4, 0.5) is 5.69 Å². The van der Waals surface area contributed by atoms with E-state index in [4.69, 9.17) is 18.9 Å². The summed E-state index contributed by atoms with van der Waals surface area (Å²) < 4.78 is 17.0. The predicted octanol–water partition coefficient (Wildman–Crippen LogP) is 4.92. The Hall–Kier alpha value is -2.72. The fraction of sp³-hybridized carbons (Fsp3) is 0.346. The minimum absolute atomic E-state index is 0. The van der Waals surface area contributed by atoms with Crippen LogP contribution in [-0.2, 0) is 19.5 Å². The van der Waals surface area contributed by atoms with Crippen molar-refractivity contribution in [2.75, 3.05) is 39.2 Å². The standard InChI is InChI=1S/C26H32N4O3.HI/c1-30(2)19-21-7-3-6-20(16-21)18-28-26(27-12-11-23-8-4-13-31-23)29-22-9-10-24-25(17-22)33-15-5-14-32-24;/h3-4,6-10,13,16-17H,5,11-12,14-15,18-19H2,1-2H3,(H2,27,28,29);1H. The molecular weight excluding hydrogens is 543 g/mol. The number of anilines is 1. The number of hydrogen-bond acceptors (Lipinski definition) is 5. The lowest BCUT2D eigenvalue weighted by Crippen LogP contribution is -2.32. The number of ether oxygens (including phenoxy) is 2. The fourth-order valence-corrected chi connectivity index (χ4v) is 3.64. The highest BCUT2D eigenvalue weighted by molar-refractivity contribution is 14.0. The van der Waals surface area contributed by atoms with Crippen molar-refractivity contribution in [1.82, 2.24) is 10.2 Å². The topological polar surface area (TPSA) is 71.3 Å². The molecule has 0 atom stereocenters. The van der Waals surface area contributed by atoms with Crippen LogP contribution in [0.15, 0.2) is 70.3 Å². The molecule has 2 N–H and O–H groups in total. The van der Waals surface area contributed by atoms with Crippen LogP contribution in [0.3, 0.4) is 0 Å². The average Bonchev–Trinajstić information content (AvgIpc) is 3.21. The van der Waals surface area contributed by atoms with Gasteiger partial charge in [0.15, 0.2) is 17.5 Å². The number of halogens is 1. The molecule has 0 amide bonds. The Morgan fingerprint density at radius 3 is 2.59 bits per heavy atom. The van der Waals surface area contributed by atoms with E-state index in [-0.39, 0.29) is 24.0 Å². The molecule has 182 valence electrons. The maximum Gasteiger partial charge on any atom is 0.196 e. The smallest absolute Gasteiger partial charge is 0.196 e. The number of aliphatic imine (C=N–C) groups is 1. The molecule has 0 radical (unpaired) electrons. The fourth-order valence-electron chi connectivity index (χ4n) is 3.64. The molecule has 0 unspecified atom stereocenters. The molecular formula is C26H33IN4O3. The number of nitrogens with one attached hydrogen (secondary N) is 2. The molecule has 34 heavy (non-hydrogen) atoms. The third-order valence-electron chi connectivity index (χ3n) is 5.16. The van der Waals surface area contributed by atoms with Crippen LogP contribution in [0, 0.1) is 0 Å². The number of furan rings is 1. The first-order valence-corrected chi connectivity index (χ1v) is 11.4. The van der Waals surface area contributed by atoms with Crippen molar-refractivity contribution in [2.24, 2.45) is 4.99 Å². The zero-order valence-corrected chi connectivity index (χ0v) is 22.1. The first-order valence-electron chi connectivity index (χ1n) is 11.4. The van der Waals surface area contributed by atoms with E-state index >= 15 is 0 Å². The van der Waals surface area contributed by atoms with Gasteiger partial charge in [-0.25, -0.2) is 4.99 Å². The summed E-state index contributed by atoms with van der Waals surface area (Å²) in [5.74, 6) is 3.17. The van der Waals surface area contributed by atoms with Crippen molar-refractivity contribution in [3.8, 4) is 11.5 Å². The molecule has 4 rings (SSSR count). The molecule has 1 aromatic heterocycles. The third-order valence-corrected chi connectivity index (χ3v) is 5.16. The van der Waals surface area contributed by atoms with Crippen LogP contribution in [0.5, 0.6) is 11.5 Å². The van der Waals surface area contributed by atoms with Gasteiger partial charge in [-0.05, 0) is 49.5 Å². The van der Waals surface area contributed by atoms with E-state index in [1.165, 1.54) is 11.1 Å². The number of fused-ring (bicyclic) bond motifs is 1. The van der Waals surface area contributed by atoms with E-state index in [1.54, 1.807) is 6.26 Å². The Morgan fingerprint density at radius 2 is 1.79 bits per heavy atom. The van der Waals surface area contributed by atoms with Crippen LogP contribution in [0.2, 0.25) is 0 Å². The van der Waals surface area contributed by atoms with Gasteiger partial charge in [-0.1, -0.05) is 24.3 Å². The van der Waals surface area contributed by atoms with E-state index in [0.29, 0.717) is 32.3 Å². The first kappa shape index (κ1) is 25.9. The lowest BCUT2D eigenvalue weighted by molar-refractivity contribution is 0.297. The molecule has 0 saturated heterocycles. The van der Waals surface area contributed by atoms with Crippen LogP contribution in [0.25, 0.3) is 0 Å². The third kappa shape index (κ3) is 7.95. The SMILES string of the molecule is CN(C)Cc1cccc(CN=C(NCCc2ccco2)Nc2ccc3c(c2)OCCCO3)c1.I. The van der Waals surface area contributed by atoms with Gasteiger partial charge in [0, 0.05) is 37.7 Å². The van der Waals surface area contributed by atoms with Crippen molar-refractivity contribution < 1.29 is 13.9 Å². The second kappa shape index (κ2) is 13.2. The lowest BCUT2D eigenvalue weighted by Gasteiger charge is -2.15. The zero-order chi connectivity index (χ0) is 22.9. The molecule has 3 aromatic rings. The van der Waals surface area contributed by atoms with Crippen molar-refractivity contribution in [3.63, 3.8) is 0 Å². The Kier molecular flexibility index (Phi) is 10.1. The summed E-state index contributed by atoms with van der Waals surface area (Å²) >= 11 is 0. The Labute approximate surface area is 218 Å². The maximum atomic E-state index is 5.83. The molecule has 1 aliphatic rings. The van der Waals surface area contributed by atoms with E-state index in [9.17, 15) is 0 Å². The summed E-state index contributed by atoms with van der Waals surface area (Å²) in [7, 11) is 4.15. The summed E-state index contributed by atoms with van der Waals surface area (Å²) in [6.07, 6.45) is 3.35. The number of guanidine groups is 1. The molecule has 2 aromatic carbocycles.